The first-order valence-electron chi connectivity index (χ1n) is 6.76. The lowest BCUT2D eigenvalue weighted by Crippen LogP contribution is -2.26. The molecule has 0 bridgehead atoms. The van der Waals surface area contributed by atoms with Crippen LogP contribution in [-0.4, -0.2) is 17.4 Å². The number of rotatable bonds is 5. The first kappa shape index (κ1) is 13.5. The van der Waals surface area contributed by atoms with Crippen molar-refractivity contribution in [1.29, 1.82) is 0 Å². The average Bonchev–Trinajstić information content (AvgIpc) is 2.38. The summed E-state index contributed by atoms with van der Waals surface area (Å²) in [5, 5.41) is 4.11. The summed E-state index contributed by atoms with van der Waals surface area (Å²) >= 11 is 0. The van der Waals surface area contributed by atoms with E-state index in [1.807, 2.05) is 32.2 Å². The Morgan fingerprint density at radius 3 is 2.84 bits per heavy atom. The summed E-state index contributed by atoms with van der Waals surface area (Å²) < 4.78 is 0. The van der Waals surface area contributed by atoms with Gasteiger partial charge in [-0.1, -0.05) is 38.1 Å². The number of benzene rings is 1. The van der Waals surface area contributed by atoms with Gasteiger partial charge in [0.05, 0.1) is 5.52 Å². The van der Waals surface area contributed by atoms with E-state index in [-0.39, 0.29) is 5.91 Å². The molecule has 0 spiro atoms. The second-order valence-corrected chi connectivity index (χ2v) is 5.19. The van der Waals surface area contributed by atoms with E-state index >= 15 is 0 Å². The van der Waals surface area contributed by atoms with E-state index in [4.69, 9.17) is 0 Å². The Bertz CT molecular complexity index is 558. The molecule has 0 aliphatic carbocycles. The Kier molecular flexibility index (Phi) is 4.50. The molecule has 0 saturated carbocycles. The number of amides is 1. The van der Waals surface area contributed by atoms with E-state index in [9.17, 15) is 4.79 Å². The van der Waals surface area contributed by atoms with E-state index in [1.165, 1.54) is 5.56 Å². The van der Waals surface area contributed by atoms with E-state index in [0.717, 1.165) is 17.3 Å². The molecule has 1 amide bonds. The molecule has 2 rings (SSSR count). The van der Waals surface area contributed by atoms with Gasteiger partial charge < -0.3 is 5.32 Å². The van der Waals surface area contributed by atoms with E-state index in [2.05, 4.69) is 28.5 Å². The molecule has 3 nitrogen and oxygen atoms in total. The lowest BCUT2D eigenvalue weighted by atomic mass is 10.1. The van der Waals surface area contributed by atoms with Crippen molar-refractivity contribution in [1.82, 2.24) is 10.3 Å². The first-order chi connectivity index (χ1) is 9.16. The molecule has 1 aromatic heterocycles. The summed E-state index contributed by atoms with van der Waals surface area (Å²) in [6.45, 7) is 4.77. The fourth-order valence-corrected chi connectivity index (χ4v) is 2.15. The van der Waals surface area contributed by atoms with Gasteiger partial charge in [-0.05, 0) is 24.0 Å². The van der Waals surface area contributed by atoms with Crippen molar-refractivity contribution in [3.05, 3.63) is 42.1 Å². The van der Waals surface area contributed by atoms with E-state index < -0.39 is 0 Å². The first-order valence-corrected chi connectivity index (χ1v) is 6.76. The monoisotopic (exact) mass is 256 g/mol. The number of nitrogens with zero attached hydrogens (tertiary/aromatic N) is 1. The maximum absolute atomic E-state index is 11.6. The number of carbonyl (C=O) groups is 1. The van der Waals surface area contributed by atoms with E-state index in [1.54, 1.807) is 0 Å². The van der Waals surface area contributed by atoms with Gasteiger partial charge in [-0.3, -0.25) is 9.78 Å². The van der Waals surface area contributed by atoms with Crippen LogP contribution in [0.15, 0.2) is 36.5 Å². The predicted molar refractivity (Wildman–Crippen MR) is 77.9 cm³/mol. The van der Waals surface area contributed by atoms with Crippen LogP contribution in [0, 0.1) is 5.92 Å². The number of hydrogen-bond donors (Lipinski definition) is 1. The zero-order valence-electron chi connectivity index (χ0n) is 11.5. The van der Waals surface area contributed by atoms with Crippen molar-refractivity contribution >= 4 is 16.8 Å². The Balaban J connectivity index is 1.97. The molecule has 1 aromatic carbocycles. The number of aromatic nitrogens is 1. The molecule has 0 aliphatic heterocycles. The van der Waals surface area contributed by atoms with Crippen molar-refractivity contribution in [3.8, 4) is 0 Å². The zero-order valence-corrected chi connectivity index (χ0v) is 11.5. The van der Waals surface area contributed by atoms with Crippen LogP contribution in [0.25, 0.3) is 10.9 Å². The van der Waals surface area contributed by atoms with Crippen LogP contribution < -0.4 is 5.32 Å². The molecule has 19 heavy (non-hydrogen) atoms. The van der Waals surface area contributed by atoms with Gasteiger partial charge in [-0.15, -0.1) is 0 Å². The highest BCUT2D eigenvalue weighted by atomic mass is 16.1. The quantitative estimate of drug-likeness (QED) is 0.893. The second-order valence-electron chi connectivity index (χ2n) is 5.19. The fraction of sp³-hybridized carbons (Fsp3) is 0.375. The summed E-state index contributed by atoms with van der Waals surface area (Å²) in [4.78, 5) is 16.0. The SMILES string of the molecule is CC(C)CC(=O)NCCc1cccc2cccnc12. The maximum atomic E-state index is 11.6. The largest absolute Gasteiger partial charge is 0.356 e. The van der Waals surface area contributed by atoms with Crippen LogP contribution in [-0.2, 0) is 11.2 Å². The Morgan fingerprint density at radius 2 is 2.05 bits per heavy atom. The van der Waals surface area contributed by atoms with E-state index in [0.29, 0.717) is 18.9 Å². The van der Waals surface area contributed by atoms with Crippen LogP contribution in [0.1, 0.15) is 25.8 Å². The standard InChI is InChI=1S/C16H20N2O/c1-12(2)11-15(19)17-10-8-14-6-3-5-13-7-4-9-18-16(13)14/h3-7,9,12H,8,10-11H2,1-2H3,(H,17,19). The van der Waals surface area contributed by atoms with Gasteiger partial charge in [-0.2, -0.15) is 0 Å². The Labute approximate surface area is 114 Å². The third-order valence-electron chi connectivity index (χ3n) is 3.03. The minimum absolute atomic E-state index is 0.128. The molecular formula is C16H20N2O. The van der Waals surface area contributed by atoms with Crippen LogP contribution in [0.5, 0.6) is 0 Å². The fourth-order valence-electron chi connectivity index (χ4n) is 2.15. The topological polar surface area (TPSA) is 42.0 Å². The summed E-state index contributed by atoms with van der Waals surface area (Å²) in [7, 11) is 0. The van der Waals surface area contributed by atoms with Crippen molar-refractivity contribution in [2.45, 2.75) is 26.7 Å². The van der Waals surface area contributed by atoms with Gasteiger partial charge in [0, 0.05) is 24.5 Å². The summed E-state index contributed by atoms with van der Waals surface area (Å²) in [6.07, 6.45) is 3.22. The lowest BCUT2D eigenvalue weighted by molar-refractivity contribution is -0.121. The maximum Gasteiger partial charge on any atom is 0.220 e. The van der Waals surface area contributed by atoms with Crippen molar-refractivity contribution in [2.75, 3.05) is 6.54 Å². The molecule has 100 valence electrons. The highest BCUT2D eigenvalue weighted by Gasteiger charge is 2.05. The van der Waals surface area contributed by atoms with Gasteiger partial charge in [0.2, 0.25) is 5.91 Å². The molecule has 2 aromatic rings. The molecule has 0 fully saturated rings. The molecule has 0 aliphatic rings. The normalized spacial score (nSPS) is 10.9. The number of carbonyl (C=O) groups excluding carboxylic acids is 1. The number of nitrogens with one attached hydrogen (secondary N) is 1. The average molecular weight is 256 g/mol. The second kappa shape index (κ2) is 6.32. The van der Waals surface area contributed by atoms with Gasteiger partial charge >= 0.3 is 0 Å². The molecule has 1 N–H and O–H groups in total. The third-order valence-corrected chi connectivity index (χ3v) is 3.03. The van der Waals surface area contributed by atoms with Crippen molar-refractivity contribution in [2.24, 2.45) is 5.92 Å². The van der Waals surface area contributed by atoms with Crippen LogP contribution in [0.3, 0.4) is 0 Å². The summed E-state index contributed by atoms with van der Waals surface area (Å²) in [5.74, 6) is 0.530. The van der Waals surface area contributed by atoms with Gasteiger partial charge in [0.15, 0.2) is 0 Å². The third kappa shape index (κ3) is 3.78. The van der Waals surface area contributed by atoms with Crippen LogP contribution >= 0.6 is 0 Å². The van der Waals surface area contributed by atoms with Gasteiger partial charge in [-0.25, -0.2) is 0 Å². The molecule has 0 saturated heterocycles. The summed E-state index contributed by atoms with van der Waals surface area (Å²) in [5.41, 5.74) is 2.21. The molecule has 1 heterocycles. The predicted octanol–water partition coefficient (Wildman–Crippen LogP) is 2.94. The molecule has 0 unspecified atom stereocenters. The minimum Gasteiger partial charge on any atom is -0.356 e. The zero-order chi connectivity index (χ0) is 13.7. The number of fused-ring (bicyclic) bond motifs is 1. The van der Waals surface area contributed by atoms with Crippen LogP contribution in [0.2, 0.25) is 0 Å². The number of pyridine rings is 1. The molecule has 0 atom stereocenters. The minimum atomic E-state index is 0.128. The highest BCUT2D eigenvalue weighted by Crippen LogP contribution is 2.15. The van der Waals surface area contributed by atoms with Gasteiger partial charge in [0.25, 0.3) is 0 Å². The molecule has 0 radical (unpaired) electrons. The summed E-state index contributed by atoms with van der Waals surface area (Å²) in [6, 6.07) is 10.2. The van der Waals surface area contributed by atoms with Gasteiger partial charge in [0.1, 0.15) is 0 Å². The Hall–Kier alpha value is -1.90. The molecular weight excluding hydrogens is 236 g/mol. The van der Waals surface area contributed by atoms with Crippen LogP contribution in [0.4, 0.5) is 0 Å². The Morgan fingerprint density at radius 1 is 1.26 bits per heavy atom. The van der Waals surface area contributed by atoms with Crippen molar-refractivity contribution < 1.29 is 4.79 Å². The number of para-hydroxylation sites is 1. The highest BCUT2D eigenvalue weighted by molar-refractivity contribution is 5.81. The number of hydrogen-bond acceptors (Lipinski definition) is 2. The lowest BCUT2D eigenvalue weighted by Gasteiger charge is -2.08. The smallest absolute Gasteiger partial charge is 0.220 e. The van der Waals surface area contributed by atoms with Crippen molar-refractivity contribution in [3.63, 3.8) is 0 Å². The molecule has 3 heteroatoms.